The van der Waals surface area contributed by atoms with Crippen molar-refractivity contribution in [3.8, 4) is 0 Å². The monoisotopic (exact) mass is 1200 g/mol. The van der Waals surface area contributed by atoms with Crippen LogP contribution in [0.1, 0.15) is 361 Å². The van der Waals surface area contributed by atoms with E-state index in [1.165, 1.54) is 244 Å². The molecule has 10 heteroatoms. The van der Waals surface area contributed by atoms with Gasteiger partial charge in [0.1, 0.15) is 19.3 Å². The summed E-state index contributed by atoms with van der Waals surface area (Å²) in [7, 11) is 1.19. The first-order valence-corrected chi connectivity index (χ1v) is 37.9. The van der Waals surface area contributed by atoms with Gasteiger partial charge in [0.15, 0.2) is 0 Å². The molecular weight excluding hydrogens is 1060 g/mol. The van der Waals surface area contributed by atoms with Gasteiger partial charge in [0.05, 0.1) is 33.8 Å². The number of ether oxygens (including phenoxy) is 1. The number of rotatable bonds is 67. The molecule has 494 valence electrons. The fraction of sp³-hybridized carbons (Fsp3) is 0.865. The molecule has 0 saturated heterocycles. The largest absolute Gasteiger partial charge is 0.756 e. The number of carbonyl (C=O) groups excluding carboxylic acids is 2. The number of amides is 1. The second-order valence-electron chi connectivity index (χ2n) is 26.1. The summed E-state index contributed by atoms with van der Waals surface area (Å²) in [5, 5.41) is 3.05. The number of hydrogen-bond acceptors (Lipinski definition) is 7. The number of unbranched alkanes of at least 4 members (excludes halogenated alkanes) is 45. The number of carbonyl (C=O) groups is 2. The molecule has 0 heterocycles. The quantitative estimate of drug-likeness (QED) is 0.0212. The van der Waals surface area contributed by atoms with E-state index in [4.69, 9.17) is 13.8 Å². The van der Waals surface area contributed by atoms with Crippen LogP contribution < -0.4 is 10.2 Å². The minimum atomic E-state index is -4.70. The van der Waals surface area contributed by atoms with Crippen molar-refractivity contribution in [2.24, 2.45) is 0 Å². The predicted octanol–water partition coefficient (Wildman–Crippen LogP) is 22.6. The number of esters is 1. The lowest BCUT2D eigenvalue weighted by molar-refractivity contribution is -0.870. The molecule has 0 aliphatic carbocycles. The van der Waals surface area contributed by atoms with Gasteiger partial charge >= 0.3 is 5.97 Å². The third-order valence-electron chi connectivity index (χ3n) is 16.5. The van der Waals surface area contributed by atoms with Crippen molar-refractivity contribution in [3.63, 3.8) is 0 Å². The number of allylic oxidation sites excluding steroid dienone is 7. The molecule has 0 spiro atoms. The Morgan fingerprint density at radius 2 is 0.726 bits per heavy atom. The smallest absolute Gasteiger partial charge is 0.306 e. The Morgan fingerprint density at radius 3 is 1.11 bits per heavy atom. The molecule has 0 aromatic carbocycles. The predicted molar refractivity (Wildman–Crippen MR) is 363 cm³/mol. The molecule has 1 amide bonds. The number of nitrogens with one attached hydrogen (secondary N) is 1. The summed E-state index contributed by atoms with van der Waals surface area (Å²) >= 11 is 0. The average Bonchev–Trinajstić information content (AvgIpc) is 3.65. The molecule has 0 aromatic heterocycles. The molecule has 0 aliphatic heterocycles. The van der Waals surface area contributed by atoms with Gasteiger partial charge in [0, 0.05) is 12.8 Å². The van der Waals surface area contributed by atoms with Gasteiger partial charge in [-0.15, -0.1) is 0 Å². The Kier molecular flexibility index (Phi) is 62.4. The lowest BCUT2D eigenvalue weighted by atomic mass is 10.0. The van der Waals surface area contributed by atoms with Crippen LogP contribution in [0, 0.1) is 0 Å². The van der Waals surface area contributed by atoms with Crippen molar-refractivity contribution in [1.29, 1.82) is 0 Å². The first-order chi connectivity index (χ1) is 40.9. The molecule has 0 bridgehead atoms. The molecule has 9 nitrogen and oxygen atoms in total. The molecule has 0 aliphatic rings. The van der Waals surface area contributed by atoms with Gasteiger partial charge in [-0.1, -0.05) is 327 Å². The maximum absolute atomic E-state index is 13.6. The maximum atomic E-state index is 13.6. The number of phosphoric acid groups is 1. The van der Waals surface area contributed by atoms with E-state index < -0.39 is 20.0 Å². The zero-order chi connectivity index (χ0) is 61.4. The van der Waals surface area contributed by atoms with E-state index in [0.717, 1.165) is 83.5 Å². The number of hydrogen-bond donors (Lipinski definition) is 1. The van der Waals surface area contributed by atoms with Crippen LogP contribution in [0.4, 0.5) is 0 Å². The summed E-state index contributed by atoms with van der Waals surface area (Å²) in [5.74, 6) is -0.532. The summed E-state index contributed by atoms with van der Waals surface area (Å²) in [5.41, 5.74) is 0. The lowest BCUT2D eigenvalue weighted by Crippen LogP contribution is -2.47. The number of nitrogens with zero attached hydrogens (tertiary/aromatic N) is 1. The van der Waals surface area contributed by atoms with Gasteiger partial charge < -0.3 is 28.5 Å². The molecular formula is C74H141N2O7P. The van der Waals surface area contributed by atoms with Crippen molar-refractivity contribution >= 4 is 19.7 Å². The van der Waals surface area contributed by atoms with E-state index in [-0.39, 0.29) is 31.5 Å². The Bertz CT molecular complexity index is 1570. The molecule has 3 unspecified atom stereocenters. The molecule has 0 fully saturated rings. The van der Waals surface area contributed by atoms with Gasteiger partial charge in [0.2, 0.25) is 5.91 Å². The van der Waals surface area contributed by atoms with Crippen LogP contribution in [0.2, 0.25) is 0 Å². The molecule has 0 radical (unpaired) electrons. The van der Waals surface area contributed by atoms with Crippen molar-refractivity contribution in [1.82, 2.24) is 5.32 Å². The van der Waals surface area contributed by atoms with Crippen LogP contribution in [0.15, 0.2) is 48.6 Å². The van der Waals surface area contributed by atoms with Crippen LogP contribution in [0.5, 0.6) is 0 Å². The van der Waals surface area contributed by atoms with Gasteiger partial charge in [-0.25, -0.2) is 0 Å². The number of quaternary nitrogens is 1. The number of likely N-dealkylation sites (N-methyl/N-ethyl adjacent to an activating group) is 1. The summed E-state index contributed by atoms with van der Waals surface area (Å²) in [6, 6.07) is -0.890. The number of phosphoric ester groups is 1. The fourth-order valence-corrected chi connectivity index (χ4v) is 11.6. The first kappa shape index (κ1) is 82.0. The van der Waals surface area contributed by atoms with Gasteiger partial charge in [-0.05, 0) is 70.3 Å². The van der Waals surface area contributed by atoms with E-state index >= 15 is 0 Å². The van der Waals surface area contributed by atoms with Crippen LogP contribution >= 0.6 is 7.82 Å². The third-order valence-corrected chi connectivity index (χ3v) is 17.5. The van der Waals surface area contributed by atoms with E-state index in [9.17, 15) is 19.0 Å². The van der Waals surface area contributed by atoms with Crippen LogP contribution in [-0.4, -0.2) is 69.4 Å². The van der Waals surface area contributed by atoms with Crippen LogP contribution in [0.3, 0.4) is 0 Å². The summed E-state index contributed by atoms with van der Waals surface area (Å²) in [6.07, 6.45) is 81.0. The van der Waals surface area contributed by atoms with Crippen molar-refractivity contribution in [2.75, 3.05) is 40.9 Å². The van der Waals surface area contributed by atoms with Crippen LogP contribution in [-0.2, 0) is 27.9 Å². The highest BCUT2D eigenvalue weighted by Gasteiger charge is 2.27. The second kappa shape index (κ2) is 64.0. The fourth-order valence-electron chi connectivity index (χ4n) is 10.9. The van der Waals surface area contributed by atoms with Gasteiger partial charge in [-0.2, -0.15) is 0 Å². The third kappa shape index (κ3) is 64.4. The lowest BCUT2D eigenvalue weighted by Gasteiger charge is -2.30. The van der Waals surface area contributed by atoms with Crippen molar-refractivity contribution in [3.05, 3.63) is 48.6 Å². The first-order valence-electron chi connectivity index (χ1n) is 36.4. The van der Waals surface area contributed by atoms with Crippen molar-refractivity contribution < 1.29 is 37.3 Å². The highest BCUT2D eigenvalue weighted by atomic mass is 31.2. The summed E-state index contributed by atoms with van der Waals surface area (Å²) < 4.78 is 30.5. The van der Waals surface area contributed by atoms with E-state index in [0.29, 0.717) is 17.4 Å². The minimum absolute atomic E-state index is 0.0219. The minimum Gasteiger partial charge on any atom is -0.756 e. The zero-order valence-electron chi connectivity index (χ0n) is 56.6. The highest BCUT2D eigenvalue weighted by Crippen LogP contribution is 2.38. The van der Waals surface area contributed by atoms with E-state index in [1.54, 1.807) is 0 Å². The van der Waals surface area contributed by atoms with Crippen LogP contribution in [0.25, 0.3) is 0 Å². The molecule has 0 rings (SSSR count). The average molecular weight is 1200 g/mol. The Hall–Kier alpha value is -2.03. The molecule has 0 saturated carbocycles. The topological polar surface area (TPSA) is 114 Å². The highest BCUT2D eigenvalue weighted by molar-refractivity contribution is 7.45. The summed E-state index contributed by atoms with van der Waals surface area (Å²) in [4.78, 5) is 40.2. The molecule has 84 heavy (non-hydrogen) atoms. The standard InChI is InChI=1S/C74H141N2O7P/c1-7-10-13-16-19-22-25-28-30-32-34-36-37-38-39-41-42-44-46-48-51-54-57-60-63-66-73(77)75-71(70-82-84(79,80)81-69-68-76(4,5)6)72(65-62-59-56-53-50-27-24-21-18-15-12-9-3)83-74(78)67-64-61-58-55-52-49-47-45-43-40-35-33-31-29-26-23-20-17-14-11-8-2/h20,23,29,31,35,40,62,65,71-72H,7-19,21-22,24-28,30,32-34,36-39,41-61,63-64,66-70H2,1-6H3,(H-,75,77,79,80)/b23-20-,31-29-,40-35-,65-62+. The summed E-state index contributed by atoms with van der Waals surface area (Å²) in [6.45, 7) is 6.87. The zero-order valence-corrected chi connectivity index (χ0v) is 57.5. The second-order valence-corrected chi connectivity index (χ2v) is 27.5. The normalized spacial score (nSPS) is 13.8. The molecule has 1 N–H and O–H groups in total. The Morgan fingerprint density at radius 1 is 0.417 bits per heavy atom. The Balaban J connectivity index is 5.02. The maximum Gasteiger partial charge on any atom is 0.306 e. The Labute approximate surface area is 522 Å². The SMILES string of the molecule is CCCCC/C=C\C/C=C\C/C=C\CCCCCCCCCCC(=O)OC(/C=C/CCCCCCCCCCCC)C(COP(=O)([O-])OCC[N+](C)(C)C)NC(=O)CCCCCCCCCCCCCCCCCCCCCCCCCCC. The molecule has 0 aromatic rings. The van der Waals surface area contributed by atoms with E-state index in [2.05, 4.69) is 62.5 Å². The van der Waals surface area contributed by atoms with E-state index in [1.807, 2.05) is 33.3 Å². The van der Waals surface area contributed by atoms with Gasteiger partial charge in [-0.3, -0.25) is 14.2 Å². The van der Waals surface area contributed by atoms with Crippen molar-refractivity contribution in [2.45, 2.75) is 373 Å². The molecule has 3 atom stereocenters. The van der Waals surface area contributed by atoms with Gasteiger partial charge in [0.25, 0.3) is 7.82 Å².